The molecule has 0 saturated carbocycles. The number of thiophene rings is 2. The molecule has 2 saturated heterocycles. The number of piperidine rings is 1. The number of aliphatic hydroxyl groups excluding tert-OH is 1. The number of aromatic nitrogens is 3. The van der Waals surface area contributed by atoms with Gasteiger partial charge >= 0.3 is 0 Å². The first-order chi connectivity index (χ1) is 32.9. The number of nitrogens with one attached hydrogen (secondary N) is 3. The van der Waals surface area contributed by atoms with Gasteiger partial charge in [-0.15, -0.1) is 32.9 Å². The number of fused-ring (bicyclic) bond motifs is 3. The molecule has 18 heteroatoms. The van der Waals surface area contributed by atoms with Crippen LogP contribution in [0, 0.1) is 33.1 Å². The third kappa shape index (κ3) is 11.5. The average Bonchev–Trinajstić information content (AvgIpc) is 4.08. The summed E-state index contributed by atoms with van der Waals surface area (Å²) < 4.78 is 7.86. The van der Waals surface area contributed by atoms with Crippen LogP contribution in [0.15, 0.2) is 65.0 Å². The number of β-amino-alcohol motifs (C(OH)–C–C–N with tert-alkyl or cyclic N) is 1. The van der Waals surface area contributed by atoms with Gasteiger partial charge in [0.15, 0.2) is 5.82 Å². The molecule has 4 N–H and O–H groups in total. The SMILES string of the molecule is Cc1ccsc1-c1ccc(CNC(=O)[C@@H]2C[C@@H](O)CN2C(=O)[C@@H](NC(=O)COCCN2CCC(NC(=O)C[C@@H]3N=C(c4ccc(Cl)cc4)c4c(sc(C)c4C)-n4c(C)nnc43)CC2)C(C)(C)C)cc1. The number of hydrogen-bond donors (Lipinski definition) is 4. The highest BCUT2D eigenvalue weighted by atomic mass is 35.5. The number of likely N-dealkylation sites (tertiary alicyclic amines) is 2. The lowest BCUT2D eigenvalue weighted by Gasteiger charge is -2.35. The number of aliphatic hydroxyl groups is 1. The second-order valence-electron chi connectivity index (χ2n) is 19.5. The van der Waals surface area contributed by atoms with Crippen molar-refractivity contribution < 1.29 is 29.0 Å². The van der Waals surface area contributed by atoms with E-state index in [4.69, 9.17) is 21.3 Å². The average molecular weight is 997 g/mol. The molecule has 15 nitrogen and oxygen atoms in total. The molecule has 6 heterocycles. The van der Waals surface area contributed by atoms with Crippen molar-refractivity contribution in [1.82, 2.24) is 40.5 Å². The molecule has 69 heavy (non-hydrogen) atoms. The molecular weight excluding hydrogens is 934 g/mol. The lowest BCUT2D eigenvalue weighted by Crippen LogP contribution is -2.58. The standard InChI is InChI=1S/C51H62ClN9O6S2/c1-29-18-23-68-45(29)35-10-8-33(9-11-35)26-53-48(65)40-24-38(62)27-60(40)49(66)46(51(5,6)7)56-42(64)28-67-22-21-59-19-16-37(17-20-59)54-41(63)25-39-47-58-57-32(4)61(47)50-43(30(2)31(3)69-50)44(55-39)34-12-14-36(52)15-13-34/h8-15,18,23,37-40,46,62H,16-17,19-22,24-28H2,1-7H3,(H,53,65)(H,54,63)(H,56,64)/t38-,39+,40+,46-/m1/s1. The van der Waals surface area contributed by atoms with Crippen molar-refractivity contribution in [2.45, 2.75) is 111 Å². The van der Waals surface area contributed by atoms with E-state index in [2.05, 4.69) is 63.3 Å². The quantitative estimate of drug-likeness (QED) is 0.0837. The minimum Gasteiger partial charge on any atom is -0.391 e. The molecular formula is C51H62ClN9O6S2. The van der Waals surface area contributed by atoms with E-state index in [0.717, 1.165) is 70.3 Å². The Morgan fingerprint density at radius 3 is 2.33 bits per heavy atom. The van der Waals surface area contributed by atoms with Gasteiger partial charge in [-0.1, -0.05) is 68.8 Å². The highest BCUT2D eigenvalue weighted by Gasteiger charge is 2.44. The normalized spacial score (nSPS) is 19.1. The number of carbonyl (C=O) groups is 4. The van der Waals surface area contributed by atoms with Gasteiger partial charge < -0.3 is 35.6 Å². The van der Waals surface area contributed by atoms with E-state index in [1.54, 1.807) is 22.7 Å². The second kappa shape index (κ2) is 21.4. The monoisotopic (exact) mass is 995 g/mol. The molecule has 0 aliphatic carbocycles. The number of aryl methyl sites for hydroxylation is 3. The molecule has 0 spiro atoms. The Hall–Kier alpha value is -5.30. The predicted molar refractivity (Wildman–Crippen MR) is 270 cm³/mol. The smallest absolute Gasteiger partial charge is 0.246 e. The third-order valence-corrected chi connectivity index (χ3v) is 15.8. The Morgan fingerprint density at radius 2 is 1.65 bits per heavy atom. The Bertz CT molecular complexity index is 2700. The van der Waals surface area contributed by atoms with Gasteiger partial charge in [0.25, 0.3) is 0 Å². The number of halogens is 1. The Kier molecular flexibility index (Phi) is 15.5. The summed E-state index contributed by atoms with van der Waals surface area (Å²) in [6.45, 7) is 16.2. The van der Waals surface area contributed by atoms with Crippen LogP contribution in [0.1, 0.15) is 96.8 Å². The molecule has 0 bridgehead atoms. The van der Waals surface area contributed by atoms with Crippen molar-refractivity contribution >= 4 is 63.6 Å². The van der Waals surface area contributed by atoms with Gasteiger partial charge in [0, 0.05) is 71.1 Å². The van der Waals surface area contributed by atoms with Gasteiger partial charge in [-0.05, 0) is 91.8 Å². The summed E-state index contributed by atoms with van der Waals surface area (Å²) in [5, 5.41) is 32.4. The minimum atomic E-state index is -0.957. The van der Waals surface area contributed by atoms with Gasteiger partial charge in [0.2, 0.25) is 23.6 Å². The largest absolute Gasteiger partial charge is 0.391 e. The number of rotatable bonds is 15. The lowest BCUT2D eigenvalue weighted by atomic mass is 9.85. The molecule has 0 unspecified atom stereocenters. The summed E-state index contributed by atoms with van der Waals surface area (Å²) in [5.74, 6) is 0.0370. The van der Waals surface area contributed by atoms with Crippen molar-refractivity contribution in [3.8, 4) is 15.4 Å². The van der Waals surface area contributed by atoms with Crippen molar-refractivity contribution in [3.63, 3.8) is 0 Å². The molecule has 0 radical (unpaired) electrons. The van der Waals surface area contributed by atoms with E-state index < -0.39 is 41.5 Å². The summed E-state index contributed by atoms with van der Waals surface area (Å²) >= 11 is 9.63. The predicted octanol–water partition coefficient (Wildman–Crippen LogP) is 6.63. The van der Waals surface area contributed by atoms with Crippen molar-refractivity contribution in [2.24, 2.45) is 10.4 Å². The molecule has 366 valence electrons. The Labute approximate surface area is 416 Å². The number of ether oxygens (including phenoxy) is 1. The molecule has 4 atom stereocenters. The molecule has 3 aliphatic heterocycles. The summed E-state index contributed by atoms with van der Waals surface area (Å²) in [6, 6.07) is 15.3. The summed E-state index contributed by atoms with van der Waals surface area (Å²) in [4.78, 5) is 65.9. The van der Waals surface area contributed by atoms with Crippen LogP contribution in [0.3, 0.4) is 0 Å². The summed E-state index contributed by atoms with van der Waals surface area (Å²) in [6.07, 6.45) is 0.859. The van der Waals surface area contributed by atoms with Crippen LogP contribution in [0.5, 0.6) is 0 Å². The number of hydrogen-bond acceptors (Lipinski definition) is 12. The number of amides is 4. The first-order valence-corrected chi connectivity index (χ1v) is 25.7. The van der Waals surface area contributed by atoms with Gasteiger partial charge in [0.1, 0.15) is 35.6 Å². The van der Waals surface area contributed by atoms with E-state index in [1.165, 1.54) is 20.2 Å². The number of nitrogens with zero attached hydrogens (tertiary/aromatic N) is 6. The Morgan fingerprint density at radius 1 is 0.942 bits per heavy atom. The van der Waals surface area contributed by atoms with Crippen LogP contribution < -0.4 is 16.0 Å². The molecule has 2 fully saturated rings. The molecule has 2 aromatic carbocycles. The van der Waals surface area contributed by atoms with E-state index >= 15 is 0 Å². The zero-order valence-electron chi connectivity index (χ0n) is 40.3. The van der Waals surface area contributed by atoms with Crippen LogP contribution in [0.4, 0.5) is 0 Å². The zero-order valence-corrected chi connectivity index (χ0v) is 42.7. The van der Waals surface area contributed by atoms with Gasteiger partial charge in [-0.25, -0.2) is 0 Å². The number of carbonyl (C=O) groups excluding carboxylic acids is 4. The molecule has 4 amide bonds. The number of aliphatic imine (C=N–C) groups is 1. The second-order valence-corrected chi connectivity index (χ2v) is 22.0. The van der Waals surface area contributed by atoms with Crippen LogP contribution in [0.2, 0.25) is 5.02 Å². The van der Waals surface area contributed by atoms with Crippen molar-refractivity contribution in [1.29, 1.82) is 0 Å². The fourth-order valence-electron chi connectivity index (χ4n) is 9.33. The first-order valence-electron chi connectivity index (χ1n) is 23.6. The fraction of sp³-hybridized carbons (Fsp3) is 0.471. The van der Waals surface area contributed by atoms with Crippen molar-refractivity contribution in [3.05, 3.63) is 109 Å². The summed E-state index contributed by atoms with van der Waals surface area (Å²) in [5.41, 5.74) is 6.41. The summed E-state index contributed by atoms with van der Waals surface area (Å²) in [7, 11) is 0. The first kappa shape index (κ1) is 50.1. The van der Waals surface area contributed by atoms with E-state index in [9.17, 15) is 24.3 Å². The number of benzene rings is 2. The lowest BCUT2D eigenvalue weighted by molar-refractivity contribution is -0.144. The third-order valence-electron chi connectivity index (χ3n) is 13.3. The topological polar surface area (TPSA) is 183 Å². The minimum absolute atomic E-state index is 0.00810. The maximum atomic E-state index is 14.1. The molecule has 8 rings (SSSR count). The maximum absolute atomic E-state index is 14.1. The van der Waals surface area contributed by atoms with Crippen LogP contribution in [0.25, 0.3) is 15.4 Å². The highest BCUT2D eigenvalue weighted by molar-refractivity contribution is 7.15. The molecule has 3 aromatic heterocycles. The van der Waals surface area contributed by atoms with Gasteiger partial charge in [-0.2, -0.15) is 0 Å². The van der Waals surface area contributed by atoms with Gasteiger partial charge in [0.05, 0.1) is 24.8 Å². The van der Waals surface area contributed by atoms with E-state index in [0.29, 0.717) is 24.0 Å². The maximum Gasteiger partial charge on any atom is 0.246 e. The van der Waals surface area contributed by atoms with E-state index in [-0.39, 0.29) is 50.4 Å². The highest BCUT2D eigenvalue weighted by Crippen LogP contribution is 2.40. The van der Waals surface area contributed by atoms with Crippen LogP contribution in [-0.2, 0) is 30.5 Å². The van der Waals surface area contributed by atoms with Gasteiger partial charge in [-0.3, -0.25) is 28.7 Å². The zero-order chi connectivity index (χ0) is 49.1. The van der Waals surface area contributed by atoms with Crippen LogP contribution >= 0.6 is 34.3 Å². The fourth-order valence-corrected chi connectivity index (χ4v) is 11.6. The van der Waals surface area contributed by atoms with Crippen LogP contribution in [-0.4, -0.2) is 123 Å². The molecule has 5 aromatic rings. The Balaban J connectivity index is 0.791. The molecule has 3 aliphatic rings. The van der Waals surface area contributed by atoms with E-state index in [1.807, 2.05) is 80.8 Å². The van der Waals surface area contributed by atoms with Crippen molar-refractivity contribution in [2.75, 3.05) is 39.4 Å².